The van der Waals surface area contributed by atoms with Crippen molar-refractivity contribution >= 4 is 33.6 Å². The van der Waals surface area contributed by atoms with Crippen molar-refractivity contribution < 1.29 is 0 Å². The molecule has 0 bridgehead atoms. The number of aryl methyl sites for hydroxylation is 2. The molecule has 3 heteroatoms. The summed E-state index contributed by atoms with van der Waals surface area (Å²) in [5, 5.41) is 1.19. The van der Waals surface area contributed by atoms with E-state index < -0.39 is 0 Å². The Morgan fingerprint density at radius 2 is 1.86 bits per heavy atom. The summed E-state index contributed by atoms with van der Waals surface area (Å²) in [6.07, 6.45) is 1.81. The summed E-state index contributed by atoms with van der Waals surface area (Å²) >= 11 is 2.33. The summed E-state index contributed by atoms with van der Waals surface area (Å²) in [5.74, 6) is 0. The number of rotatable bonds is 0. The highest BCUT2D eigenvalue weighted by atomic mass is 127. The molecular formula is C11H11IN2. The van der Waals surface area contributed by atoms with E-state index >= 15 is 0 Å². The highest BCUT2D eigenvalue weighted by Gasteiger charge is 2.08. The fourth-order valence-corrected chi connectivity index (χ4v) is 2.37. The molecule has 0 aliphatic rings. The molecule has 2 nitrogen and oxygen atoms in total. The van der Waals surface area contributed by atoms with Gasteiger partial charge in [-0.15, -0.1) is 0 Å². The number of halogens is 1. The highest BCUT2D eigenvalue weighted by molar-refractivity contribution is 14.1. The molecule has 72 valence electrons. The number of fused-ring (bicyclic) bond motifs is 1. The Bertz CT molecular complexity index is 506. The number of aromatic nitrogens is 2. The Kier molecular flexibility index (Phi) is 2.43. The Morgan fingerprint density at radius 1 is 1.14 bits per heavy atom. The van der Waals surface area contributed by atoms with Crippen LogP contribution in [0.5, 0.6) is 0 Å². The van der Waals surface area contributed by atoms with Gasteiger partial charge in [0, 0.05) is 20.8 Å². The molecule has 0 fully saturated rings. The Hall–Kier alpha value is -0.710. The van der Waals surface area contributed by atoms with Crippen LogP contribution in [0.3, 0.4) is 0 Å². The minimum Gasteiger partial charge on any atom is -0.237 e. The van der Waals surface area contributed by atoms with E-state index in [4.69, 9.17) is 0 Å². The molecule has 0 saturated heterocycles. The fraction of sp³-hybridized carbons (Fsp3) is 0.273. The molecule has 0 N–H and O–H groups in total. The van der Waals surface area contributed by atoms with Gasteiger partial charge in [0.25, 0.3) is 0 Å². The third-order valence-corrected chi connectivity index (χ3v) is 3.53. The molecule has 14 heavy (non-hydrogen) atoms. The van der Waals surface area contributed by atoms with Crippen LogP contribution in [-0.4, -0.2) is 9.97 Å². The molecule has 0 aliphatic carbocycles. The van der Waals surface area contributed by atoms with E-state index in [0.717, 1.165) is 11.3 Å². The number of pyridine rings is 2. The molecule has 0 aromatic carbocycles. The van der Waals surface area contributed by atoms with E-state index in [1.807, 2.05) is 19.2 Å². The van der Waals surface area contributed by atoms with Gasteiger partial charge in [0.15, 0.2) is 5.65 Å². The predicted octanol–water partition coefficient (Wildman–Crippen LogP) is 3.16. The lowest BCUT2D eigenvalue weighted by atomic mass is 10.1. The highest BCUT2D eigenvalue weighted by Crippen LogP contribution is 2.24. The fourth-order valence-electron chi connectivity index (χ4n) is 1.56. The van der Waals surface area contributed by atoms with E-state index in [1.54, 1.807) is 0 Å². The van der Waals surface area contributed by atoms with E-state index in [2.05, 4.69) is 46.4 Å². The van der Waals surface area contributed by atoms with E-state index in [9.17, 15) is 0 Å². The third-order valence-electron chi connectivity index (χ3n) is 2.63. The van der Waals surface area contributed by atoms with Gasteiger partial charge in [-0.25, -0.2) is 9.97 Å². The van der Waals surface area contributed by atoms with E-state index in [-0.39, 0.29) is 0 Å². The van der Waals surface area contributed by atoms with Crippen LogP contribution in [0.15, 0.2) is 12.3 Å². The zero-order valence-electron chi connectivity index (χ0n) is 8.43. The van der Waals surface area contributed by atoms with Crippen molar-refractivity contribution in [3.8, 4) is 0 Å². The summed E-state index contributed by atoms with van der Waals surface area (Å²) in [5.41, 5.74) is 4.50. The number of nitrogens with zero attached hydrogens (tertiary/aromatic N) is 2. The monoisotopic (exact) mass is 298 g/mol. The molecule has 0 saturated carbocycles. The third kappa shape index (κ3) is 1.39. The van der Waals surface area contributed by atoms with Crippen molar-refractivity contribution in [2.75, 3.05) is 0 Å². The molecule has 0 spiro atoms. The molecule has 0 aliphatic heterocycles. The minimum absolute atomic E-state index is 0.859. The standard InChI is InChI=1S/C11H11IN2/c1-6-7(2)10-9(12)4-5-13-11(10)14-8(6)3/h4-5H,1-3H3. The number of hydrogen-bond donors (Lipinski definition) is 0. The summed E-state index contributed by atoms with van der Waals surface area (Å²) in [4.78, 5) is 8.77. The van der Waals surface area contributed by atoms with Crippen LogP contribution in [0.1, 0.15) is 16.8 Å². The van der Waals surface area contributed by atoms with Crippen molar-refractivity contribution in [3.05, 3.63) is 32.7 Å². The quantitative estimate of drug-likeness (QED) is 0.698. The van der Waals surface area contributed by atoms with Crippen LogP contribution in [0.2, 0.25) is 0 Å². The molecule has 0 radical (unpaired) electrons. The number of hydrogen-bond acceptors (Lipinski definition) is 2. The van der Waals surface area contributed by atoms with Gasteiger partial charge in [0.05, 0.1) is 0 Å². The van der Waals surface area contributed by atoms with Gasteiger partial charge in [0.1, 0.15) is 0 Å². The van der Waals surface area contributed by atoms with Crippen molar-refractivity contribution in [2.24, 2.45) is 0 Å². The van der Waals surface area contributed by atoms with Crippen LogP contribution in [0, 0.1) is 24.3 Å². The maximum atomic E-state index is 4.48. The molecule has 0 unspecified atom stereocenters. The van der Waals surface area contributed by atoms with Gasteiger partial charge >= 0.3 is 0 Å². The predicted molar refractivity (Wildman–Crippen MR) is 66.5 cm³/mol. The van der Waals surface area contributed by atoms with Crippen molar-refractivity contribution in [3.63, 3.8) is 0 Å². The molecule has 2 heterocycles. The normalized spacial score (nSPS) is 10.9. The van der Waals surface area contributed by atoms with Crippen LogP contribution in [-0.2, 0) is 0 Å². The van der Waals surface area contributed by atoms with Crippen molar-refractivity contribution in [1.82, 2.24) is 9.97 Å². The second-order valence-corrected chi connectivity index (χ2v) is 4.60. The Balaban J connectivity index is 2.99. The first-order valence-electron chi connectivity index (χ1n) is 4.49. The zero-order chi connectivity index (χ0) is 10.3. The summed E-state index contributed by atoms with van der Waals surface area (Å²) in [6, 6.07) is 2.02. The lowest BCUT2D eigenvalue weighted by Crippen LogP contribution is -1.96. The maximum absolute atomic E-state index is 4.48. The van der Waals surface area contributed by atoms with Gasteiger partial charge < -0.3 is 0 Å². The lowest BCUT2D eigenvalue weighted by molar-refractivity contribution is 1.13. The van der Waals surface area contributed by atoms with Crippen LogP contribution >= 0.6 is 22.6 Å². The van der Waals surface area contributed by atoms with Gasteiger partial charge in [-0.05, 0) is 60.6 Å². The van der Waals surface area contributed by atoms with Crippen LogP contribution < -0.4 is 0 Å². The van der Waals surface area contributed by atoms with E-state index in [1.165, 1.54) is 20.1 Å². The van der Waals surface area contributed by atoms with Gasteiger partial charge in [0.2, 0.25) is 0 Å². The molecule has 2 aromatic rings. The Morgan fingerprint density at radius 3 is 2.57 bits per heavy atom. The first-order chi connectivity index (χ1) is 6.61. The lowest BCUT2D eigenvalue weighted by Gasteiger charge is -2.08. The maximum Gasteiger partial charge on any atom is 0.160 e. The first-order valence-corrected chi connectivity index (χ1v) is 5.57. The smallest absolute Gasteiger partial charge is 0.160 e. The largest absolute Gasteiger partial charge is 0.237 e. The topological polar surface area (TPSA) is 25.8 Å². The summed E-state index contributed by atoms with van der Waals surface area (Å²) < 4.78 is 1.22. The average molecular weight is 298 g/mol. The molecule has 0 atom stereocenters. The molecule has 0 amide bonds. The second kappa shape index (κ2) is 3.46. The Labute approximate surface area is 96.9 Å². The summed E-state index contributed by atoms with van der Waals surface area (Å²) in [6.45, 7) is 6.28. The van der Waals surface area contributed by atoms with E-state index in [0.29, 0.717) is 0 Å². The van der Waals surface area contributed by atoms with Crippen molar-refractivity contribution in [1.29, 1.82) is 0 Å². The van der Waals surface area contributed by atoms with Crippen molar-refractivity contribution in [2.45, 2.75) is 20.8 Å². The average Bonchev–Trinajstić information content (AvgIpc) is 2.14. The molecule has 2 rings (SSSR count). The van der Waals surface area contributed by atoms with Crippen LogP contribution in [0.25, 0.3) is 11.0 Å². The SMILES string of the molecule is Cc1nc2nccc(I)c2c(C)c1C. The van der Waals surface area contributed by atoms with Gasteiger partial charge in [-0.1, -0.05) is 0 Å². The zero-order valence-corrected chi connectivity index (χ0v) is 10.6. The molecular weight excluding hydrogens is 287 g/mol. The van der Waals surface area contributed by atoms with Crippen LogP contribution in [0.4, 0.5) is 0 Å². The van der Waals surface area contributed by atoms with Gasteiger partial charge in [-0.3, -0.25) is 0 Å². The second-order valence-electron chi connectivity index (χ2n) is 3.44. The van der Waals surface area contributed by atoms with Gasteiger partial charge in [-0.2, -0.15) is 0 Å². The minimum atomic E-state index is 0.859. The molecule has 2 aromatic heterocycles. The first kappa shape index (κ1) is 9.83. The summed E-state index contributed by atoms with van der Waals surface area (Å²) in [7, 11) is 0.